The lowest BCUT2D eigenvalue weighted by molar-refractivity contribution is 0.213. The maximum atomic E-state index is 8.87. The molecule has 0 aromatic heterocycles. The smallest absolute Gasteiger partial charge is 0.0633 e. The van der Waals surface area contributed by atoms with Crippen LogP contribution in [0.4, 0.5) is 0 Å². The number of aliphatic hydroxyl groups is 1. The fourth-order valence-electron chi connectivity index (χ4n) is 3.11. The van der Waals surface area contributed by atoms with E-state index in [0.717, 1.165) is 24.2 Å². The van der Waals surface area contributed by atoms with Crippen molar-refractivity contribution in [1.82, 2.24) is 0 Å². The number of hydrogen-bond acceptors (Lipinski definition) is 3. The number of nitrogens with zero attached hydrogens (tertiary/aromatic N) is 1. The van der Waals surface area contributed by atoms with Gasteiger partial charge in [-0.2, -0.15) is 0 Å². The zero-order valence-electron chi connectivity index (χ0n) is 7.65. The Morgan fingerprint density at radius 1 is 1.31 bits per heavy atom. The molecule has 4 atom stereocenters. The van der Waals surface area contributed by atoms with Gasteiger partial charge in [0.05, 0.1) is 11.2 Å². The minimum Gasteiger partial charge on any atom is -0.396 e. The van der Waals surface area contributed by atoms with Gasteiger partial charge >= 0.3 is 0 Å². The molecule has 0 aromatic rings. The molecule has 2 fully saturated rings. The van der Waals surface area contributed by atoms with E-state index in [1.54, 1.807) is 0 Å². The standard InChI is InChI=1S/C10H15NOS/c12-2-1-7-3-9-4-8(7)5-10(9)11-6-13/h7-10,12H,1-5H2. The summed E-state index contributed by atoms with van der Waals surface area (Å²) in [6.07, 6.45) is 4.71. The molecule has 0 amide bonds. The lowest BCUT2D eigenvalue weighted by Gasteiger charge is -2.24. The third kappa shape index (κ3) is 1.69. The number of isothiocyanates is 1. The van der Waals surface area contributed by atoms with E-state index in [0.29, 0.717) is 12.6 Å². The highest BCUT2D eigenvalue weighted by Crippen LogP contribution is 2.50. The normalized spacial score (nSPS) is 41.9. The Morgan fingerprint density at radius 3 is 2.69 bits per heavy atom. The summed E-state index contributed by atoms with van der Waals surface area (Å²) < 4.78 is 0. The van der Waals surface area contributed by atoms with Crippen LogP contribution in [0.25, 0.3) is 0 Å². The number of rotatable bonds is 3. The lowest BCUT2D eigenvalue weighted by Crippen LogP contribution is -2.21. The van der Waals surface area contributed by atoms with Crippen LogP contribution in [-0.2, 0) is 0 Å². The van der Waals surface area contributed by atoms with Crippen LogP contribution in [0, 0.1) is 17.8 Å². The summed E-state index contributed by atoms with van der Waals surface area (Å²) in [6, 6.07) is 0.456. The summed E-state index contributed by atoms with van der Waals surface area (Å²) in [6.45, 7) is 0.342. The van der Waals surface area contributed by atoms with Crippen molar-refractivity contribution in [3.8, 4) is 0 Å². The van der Waals surface area contributed by atoms with Gasteiger partial charge in [-0.1, -0.05) is 0 Å². The zero-order chi connectivity index (χ0) is 9.26. The fourth-order valence-corrected chi connectivity index (χ4v) is 3.24. The minimum absolute atomic E-state index is 0.342. The first-order valence-corrected chi connectivity index (χ1v) is 5.43. The predicted octanol–water partition coefficient (Wildman–Crippen LogP) is 1.89. The average molecular weight is 197 g/mol. The van der Waals surface area contributed by atoms with Gasteiger partial charge in [0.1, 0.15) is 0 Å². The number of fused-ring (bicyclic) bond motifs is 2. The van der Waals surface area contributed by atoms with Gasteiger partial charge in [0.15, 0.2) is 0 Å². The highest BCUT2D eigenvalue weighted by atomic mass is 32.1. The monoisotopic (exact) mass is 197 g/mol. The quantitative estimate of drug-likeness (QED) is 0.553. The van der Waals surface area contributed by atoms with Crippen molar-refractivity contribution < 1.29 is 5.11 Å². The maximum absolute atomic E-state index is 8.87. The van der Waals surface area contributed by atoms with Gasteiger partial charge in [-0.15, -0.1) is 0 Å². The fraction of sp³-hybridized carbons (Fsp3) is 0.900. The summed E-state index contributed by atoms with van der Waals surface area (Å²) in [5, 5.41) is 11.4. The van der Waals surface area contributed by atoms with Crippen molar-refractivity contribution in [1.29, 1.82) is 0 Å². The van der Waals surface area contributed by atoms with Gasteiger partial charge in [-0.25, -0.2) is 4.99 Å². The minimum atomic E-state index is 0.342. The Morgan fingerprint density at radius 2 is 2.15 bits per heavy atom. The van der Waals surface area contributed by atoms with Gasteiger partial charge < -0.3 is 5.11 Å². The van der Waals surface area contributed by atoms with Crippen molar-refractivity contribution >= 4 is 17.4 Å². The van der Waals surface area contributed by atoms with Crippen molar-refractivity contribution in [2.75, 3.05) is 6.61 Å². The summed E-state index contributed by atoms with van der Waals surface area (Å²) in [4.78, 5) is 4.20. The first kappa shape index (κ1) is 9.32. The molecule has 2 bridgehead atoms. The van der Waals surface area contributed by atoms with E-state index in [9.17, 15) is 0 Å². The summed E-state index contributed by atoms with van der Waals surface area (Å²) >= 11 is 4.63. The van der Waals surface area contributed by atoms with E-state index >= 15 is 0 Å². The molecule has 2 rings (SSSR count). The Hall–Kier alpha value is -0.240. The van der Waals surface area contributed by atoms with Crippen molar-refractivity contribution in [2.45, 2.75) is 31.7 Å². The number of thiocarbonyl (C=S) groups is 1. The second kappa shape index (κ2) is 3.87. The predicted molar refractivity (Wildman–Crippen MR) is 54.8 cm³/mol. The average Bonchev–Trinajstić information content (AvgIpc) is 2.65. The zero-order valence-corrected chi connectivity index (χ0v) is 8.46. The summed E-state index contributed by atoms with van der Waals surface area (Å²) in [5.74, 6) is 2.29. The van der Waals surface area contributed by atoms with Crippen molar-refractivity contribution in [2.24, 2.45) is 22.7 Å². The molecule has 13 heavy (non-hydrogen) atoms. The van der Waals surface area contributed by atoms with Crippen LogP contribution in [-0.4, -0.2) is 22.9 Å². The molecule has 1 N–H and O–H groups in total. The van der Waals surface area contributed by atoms with Gasteiger partial charge in [-0.3, -0.25) is 0 Å². The van der Waals surface area contributed by atoms with Crippen LogP contribution in [0.1, 0.15) is 25.7 Å². The van der Waals surface area contributed by atoms with E-state index < -0.39 is 0 Å². The van der Waals surface area contributed by atoms with Crippen LogP contribution in [0.15, 0.2) is 4.99 Å². The second-order valence-electron chi connectivity index (χ2n) is 4.29. The first-order valence-electron chi connectivity index (χ1n) is 5.03. The molecule has 2 aliphatic carbocycles. The van der Waals surface area contributed by atoms with Gasteiger partial charge in [0.25, 0.3) is 0 Å². The SMILES string of the molecule is OCCC1CC2CC1CC2N=C=S. The molecule has 0 spiro atoms. The molecule has 2 nitrogen and oxygen atoms in total. The molecule has 2 saturated carbocycles. The molecule has 0 radical (unpaired) electrons. The molecule has 72 valence electrons. The second-order valence-corrected chi connectivity index (χ2v) is 4.47. The van der Waals surface area contributed by atoms with Crippen LogP contribution in [0.2, 0.25) is 0 Å². The third-order valence-electron chi connectivity index (χ3n) is 3.68. The summed E-state index contributed by atoms with van der Waals surface area (Å²) in [7, 11) is 0. The van der Waals surface area contributed by atoms with Gasteiger partial charge in [-0.05, 0) is 55.7 Å². The lowest BCUT2D eigenvalue weighted by atomic mass is 9.84. The largest absolute Gasteiger partial charge is 0.396 e. The number of aliphatic imine (C=N–C) groups is 1. The molecule has 0 aliphatic heterocycles. The molecule has 4 unspecified atom stereocenters. The molecular weight excluding hydrogens is 182 g/mol. The van der Waals surface area contributed by atoms with Crippen molar-refractivity contribution in [3.63, 3.8) is 0 Å². The maximum Gasteiger partial charge on any atom is 0.0633 e. The van der Waals surface area contributed by atoms with Gasteiger partial charge in [0, 0.05) is 6.61 Å². The van der Waals surface area contributed by atoms with E-state index in [2.05, 4.69) is 22.4 Å². The Bertz CT molecular complexity index is 237. The highest BCUT2D eigenvalue weighted by molar-refractivity contribution is 7.78. The molecule has 0 saturated heterocycles. The van der Waals surface area contributed by atoms with Crippen molar-refractivity contribution in [3.05, 3.63) is 0 Å². The third-order valence-corrected chi connectivity index (χ3v) is 3.79. The molecule has 0 aromatic carbocycles. The number of hydrogen-bond donors (Lipinski definition) is 1. The van der Waals surface area contributed by atoms with E-state index in [1.807, 2.05) is 0 Å². The number of aliphatic hydroxyl groups excluding tert-OH is 1. The van der Waals surface area contributed by atoms with Crippen LogP contribution in [0.5, 0.6) is 0 Å². The molecule has 0 heterocycles. The Balaban J connectivity index is 1.95. The van der Waals surface area contributed by atoms with Crippen LogP contribution >= 0.6 is 12.2 Å². The summed E-state index contributed by atoms with van der Waals surface area (Å²) in [5.41, 5.74) is 0. The first-order chi connectivity index (χ1) is 6.35. The van der Waals surface area contributed by atoms with Gasteiger partial charge in [0.2, 0.25) is 0 Å². The highest BCUT2D eigenvalue weighted by Gasteiger charge is 2.45. The molecule has 2 aliphatic rings. The molecular formula is C10H15NOS. The van der Waals surface area contributed by atoms with Crippen LogP contribution in [0.3, 0.4) is 0 Å². The molecule has 3 heteroatoms. The Labute approximate surface area is 84.1 Å². The topological polar surface area (TPSA) is 32.6 Å². The van der Waals surface area contributed by atoms with E-state index in [-0.39, 0.29) is 0 Å². The van der Waals surface area contributed by atoms with E-state index in [1.165, 1.54) is 19.3 Å². The van der Waals surface area contributed by atoms with Crippen LogP contribution < -0.4 is 0 Å². The van der Waals surface area contributed by atoms with E-state index in [4.69, 9.17) is 5.11 Å². The Kier molecular flexibility index (Phi) is 2.77.